The number of aldehydes is 1. The Hall–Kier alpha value is -0.370. The molecule has 2 heteroatoms. The van der Waals surface area contributed by atoms with E-state index in [1.54, 1.807) is 0 Å². The maximum Gasteiger partial charge on any atom is 0.120 e. The molecule has 9 heavy (non-hydrogen) atoms. The summed E-state index contributed by atoms with van der Waals surface area (Å²) in [6, 6.07) is 0. The molecule has 0 aliphatic carbocycles. The van der Waals surface area contributed by atoms with Crippen molar-refractivity contribution in [3.63, 3.8) is 0 Å². The molecule has 1 rings (SSSR count). The quantitative estimate of drug-likeness (QED) is 0.420. The molecule has 1 saturated heterocycles. The fraction of sp³-hybridized carbons (Fsp3) is 0.857. The van der Waals surface area contributed by atoms with Crippen molar-refractivity contribution in [2.45, 2.75) is 31.8 Å². The van der Waals surface area contributed by atoms with Crippen molar-refractivity contribution in [2.24, 2.45) is 0 Å². The van der Waals surface area contributed by atoms with Crippen molar-refractivity contribution >= 4 is 6.29 Å². The zero-order chi connectivity index (χ0) is 6.74. The highest BCUT2D eigenvalue weighted by molar-refractivity contribution is 5.49. The summed E-state index contributed by atoms with van der Waals surface area (Å²) >= 11 is 0. The van der Waals surface area contributed by atoms with E-state index in [4.69, 9.17) is 4.74 Å². The molecule has 0 aromatic heterocycles. The molecule has 1 atom stereocenters. The minimum atomic E-state index is 0.112. The van der Waals surface area contributed by atoms with Gasteiger partial charge in [0.15, 0.2) is 0 Å². The minimum Gasteiger partial charge on any atom is -0.370 e. The first kappa shape index (κ1) is 6.75. The second-order valence-electron chi connectivity index (χ2n) is 2.53. The number of epoxide rings is 1. The van der Waals surface area contributed by atoms with E-state index in [9.17, 15) is 4.79 Å². The molecular weight excluding hydrogens is 116 g/mol. The van der Waals surface area contributed by atoms with Crippen molar-refractivity contribution in [2.75, 3.05) is 6.61 Å². The second kappa shape index (κ2) is 2.48. The monoisotopic (exact) mass is 128 g/mol. The Bertz CT molecular complexity index is 105. The van der Waals surface area contributed by atoms with Gasteiger partial charge in [-0.25, -0.2) is 0 Å². The SMILES string of the molecule is CCC1(CCC=O)CO1. The number of carbonyl (C=O) groups excluding carboxylic acids is 1. The standard InChI is InChI=1S/C7H12O2/c1-2-7(6-9-7)4-3-5-8/h5H,2-4,6H2,1H3. The first-order valence-corrected chi connectivity index (χ1v) is 3.40. The first-order chi connectivity index (χ1) is 4.33. The van der Waals surface area contributed by atoms with Gasteiger partial charge in [0.1, 0.15) is 6.29 Å². The summed E-state index contributed by atoms with van der Waals surface area (Å²) in [6.45, 7) is 2.95. The summed E-state index contributed by atoms with van der Waals surface area (Å²) in [5, 5.41) is 0. The van der Waals surface area contributed by atoms with Crippen LogP contribution in [0.5, 0.6) is 0 Å². The average molecular weight is 128 g/mol. The van der Waals surface area contributed by atoms with Crippen LogP contribution >= 0.6 is 0 Å². The van der Waals surface area contributed by atoms with Crippen molar-refractivity contribution in [3.8, 4) is 0 Å². The van der Waals surface area contributed by atoms with Crippen molar-refractivity contribution in [1.29, 1.82) is 0 Å². The van der Waals surface area contributed by atoms with Gasteiger partial charge in [-0.05, 0) is 12.8 Å². The molecule has 0 bridgehead atoms. The van der Waals surface area contributed by atoms with Gasteiger partial charge in [-0.1, -0.05) is 6.92 Å². The van der Waals surface area contributed by atoms with Crippen molar-refractivity contribution in [1.82, 2.24) is 0 Å². The minimum absolute atomic E-state index is 0.112. The Labute approximate surface area is 55.2 Å². The molecule has 1 aliphatic heterocycles. The van der Waals surface area contributed by atoms with E-state index in [0.717, 1.165) is 25.7 Å². The molecule has 0 amide bonds. The summed E-state index contributed by atoms with van der Waals surface area (Å²) in [6.07, 6.45) is 3.56. The van der Waals surface area contributed by atoms with Gasteiger partial charge >= 0.3 is 0 Å². The Kier molecular flexibility index (Phi) is 1.86. The van der Waals surface area contributed by atoms with E-state index in [-0.39, 0.29) is 5.60 Å². The number of rotatable bonds is 4. The third kappa shape index (κ3) is 1.52. The Morgan fingerprint density at radius 3 is 2.78 bits per heavy atom. The van der Waals surface area contributed by atoms with Crippen LogP contribution in [0.2, 0.25) is 0 Å². The number of carbonyl (C=O) groups is 1. The molecule has 0 spiro atoms. The molecule has 0 aromatic carbocycles. The smallest absolute Gasteiger partial charge is 0.120 e. The van der Waals surface area contributed by atoms with Crippen LogP contribution < -0.4 is 0 Å². The zero-order valence-electron chi connectivity index (χ0n) is 5.72. The maximum atomic E-state index is 9.94. The van der Waals surface area contributed by atoms with E-state index < -0.39 is 0 Å². The van der Waals surface area contributed by atoms with Gasteiger partial charge in [0.05, 0.1) is 12.2 Å². The molecule has 1 fully saturated rings. The van der Waals surface area contributed by atoms with Gasteiger partial charge in [0.2, 0.25) is 0 Å². The van der Waals surface area contributed by atoms with Gasteiger partial charge in [-0.2, -0.15) is 0 Å². The van der Waals surface area contributed by atoms with Gasteiger partial charge in [-0.15, -0.1) is 0 Å². The second-order valence-corrected chi connectivity index (χ2v) is 2.53. The van der Waals surface area contributed by atoms with Crippen molar-refractivity contribution < 1.29 is 9.53 Å². The van der Waals surface area contributed by atoms with E-state index in [2.05, 4.69) is 6.92 Å². The van der Waals surface area contributed by atoms with Crippen LogP contribution in [0.1, 0.15) is 26.2 Å². The largest absolute Gasteiger partial charge is 0.370 e. The molecule has 1 heterocycles. The Morgan fingerprint density at radius 1 is 1.78 bits per heavy atom. The lowest BCUT2D eigenvalue weighted by molar-refractivity contribution is -0.108. The summed E-state index contributed by atoms with van der Waals surface area (Å²) in [5.74, 6) is 0. The highest BCUT2D eigenvalue weighted by Gasteiger charge is 2.41. The fourth-order valence-corrected chi connectivity index (χ4v) is 0.949. The molecule has 52 valence electrons. The van der Waals surface area contributed by atoms with E-state index >= 15 is 0 Å². The Morgan fingerprint density at radius 2 is 2.44 bits per heavy atom. The first-order valence-electron chi connectivity index (χ1n) is 3.40. The van der Waals surface area contributed by atoms with Crippen molar-refractivity contribution in [3.05, 3.63) is 0 Å². The molecule has 1 unspecified atom stereocenters. The van der Waals surface area contributed by atoms with Crippen LogP contribution in [0.3, 0.4) is 0 Å². The molecular formula is C7H12O2. The molecule has 0 aromatic rings. The summed E-state index contributed by atoms with van der Waals surface area (Å²) in [5.41, 5.74) is 0.112. The van der Waals surface area contributed by atoms with Crippen LogP contribution in [0, 0.1) is 0 Å². The summed E-state index contributed by atoms with van der Waals surface area (Å²) in [7, 11) is 0. The normalized spacial score (nSPS) is 32.1. The van der Waals surface area contributed by atoms with Crippen LogP contribution in [0.4, 0.5) is 0 Å². The number of ether oxygens (including phenoxy) is 1. The molecule has 0 saturated carbocycles. The lowest BCUT2D eigenvalue weighted by Gasteiger charge is -2.03. The molecule has 0 N–H and O–H groups in total. The zero-order valence-corrected chi connectivity index (χ0v) is 5.72. The highest BCUT2D eigenvalue weighted by Crippen LogP contribution is 2.34. The topological polar surface area (TPSA) is 29.6 Å². The fourth-order valence-electron chi connectivity index (χ4n) is 0.949. The van der Waals surface area contributed by atoms with Gasteiger partial charge in [-0.3, -0.25) is 0 Å². The lowest BCUT2D eigenvalue weighted by Crippen LogP contribution is -2.08. The Balaban J connectivity index is 2.17. The number of hydrogen-bond acceptors (Lipinski definition) is 2. The summed E-state index contributed by atoms with van der Waals surface area (Å²) < 4.78 is 5.19. The van der Waals surface area contributed by atoms with E-state index in [1.807, 2.05) is 0 Å². The number of hydrogen-bond donors (Lipinski definition) is 0. The third-order valence-electron chi connectivity index (χ3n) is 1.91. The van der Waals surface area contributed by atoms with Crippen LogP contribution in [0.25, 0.3) is 0 Å². The van der Waals surface area contributed by atoms with E-state index in [0.29, 0.717) is 6.42 Å². The predicted molar refractivity (Wildman–Crippen MR) is 34.3 cm³/mol. The predicted octanol–water partition coefficient (Wildman–Crippen LogP) is 1.14. The maximum absolute atomic E-state index is 9.94. The molecule has 1 aliphatic rings. The molecule has 2 nitrogen and oxygen atoms in total. The molecule has 0 radical (unpaired) electrons. The van der Waals surface area contributed by atoms with E-state index in [1.165, 1.54) is 0 Å². The highest BCUT2D eigenvalue weighted by atomic mass is 16.6. The van der Waals surface area contributed by atoms with Gasteiger partial charge in [0, 0.05) is 6.42 Å². The summed E-state index contributed by atoms with van der Waals surface area (Å²) in [4.78, 5) is 9.94. The third-order valence-corrected chi connectivity index (χ3v) is 1.91. The van der Waals surface area contributed by atoms with Crippen LogP contribution in [-0.2, 0) is 9.53 Å². The van der Waals surface area contributed by atoms with Crippen LogP contribution in [0.15, 0.2) is 0 Å². The van der Waals surface area contributed by atoms with Gasteiger partial charge in [0.25, 0.3) is 0 Å². The average Bonchev–Trinajstić information content (AvgIpc) is 2.65. The lowest BCUT2D eigenvalue weighted by atomic mass is 10.0. The van der Waals surface area contributed by atoms with Crippen LogP contribution in [-0.4, -0.2) is 18.5 Å². The van der Waals surface area contributed by atoms with Gasteiger partial charge < -0.3 is 9.53 Å².